The molecule has 194 valence electrons. The summed E-state index contributed by atoms with van der Waals surface area (Å²) in [7, 11) is 0. The van der Waals surface area contributed by atoms with E-state index in [2.05, 4.69) is 31.2 Å². The summed E-state index contributed by atoms with van der Waals surface area (Å²) in [6, 6.07) is 9.38. The molecule has 1 aliphatic heterocycles. The van der Waals surface area contributed by atoms with Crippen LogP contribution in [0.25, 0.3) is 0 Å². The van der Waals surface area contributed by atoms with Crippen molar-refractivity contribution >= 4 is 17.5 Å². The van der Waals surface area contributed by atoms with Gasteiger partial charge in [0.2, 0.25) is 5.78 Å². The van der Waals surface area contributed by atoms with E-state index in [1.807, 2.05) is 37.3 Å². The number of hydrogen-bond donors (Lipinski definition) is 1. The molecule has 4 aliphatic carbocycles. The number of ether oxygens (including phenoxy) is 2. The third-order valence-electron chi connectivity index (χ3n) is 10.3. The maximum Gasteiger partial charge on any atom is 0.303 e. The van der Waals surface area contributed by atoms with E-state index in [1.165, 1.54) is 12.5 Å². The molecule has 0 amide bonds. The fraction of sp³-hybridized carbons (Fsp3) is 0.516. The van der Waals surface area contributed by atoms with E-state index in [0.717, 1.165) is 24.0 Å². The zero-order chi connectivity index (χ0) is 26.2. The Kier molecular flexibility index (Phi) is 5.35. The number of carbonyl (C=O) groups is 3. The number of hydrogen-bond acceptors (Lipinski definition) is 6. The number of Topliss-reactive ketones (excluding diaryl/α,β-unsaturated/α-hetero) is 2. The van der Waals surface area contributed by atoms with Crippen LogP contribution in [0.4, 0.5) is 0 Å². The molecular formula is C31H34O6. The van der Waals surface area contributed by atoms with Crippen LogP contribution in [0.15, 0.2) is 65.8 Å². The Morgan fingerprint density at radius 1 is 1.14 bits per heavy atom. The average molecular weight is 503 g/mol. The van der Waals surface area contributed by atoms with E-state index < -0.39 is 29.4 Å². The monoisotopic (exact) mass is 502 g/mol. The quantitative estimate of drug-likeness (QED) is 0.349. The van der Waals surface area contributed by atoms with Crippen LogP contribution >= 0.6 is 0 Å². The smallest absolute Gasteiger partial charge is 0.303 e. The Hall–Kier alpha value is -2.83. The van der Waals surface area contributed by atoms with Crippen LogP contribution in [0.3, 0.4) is 0 Å². The first-order chi connectivity index (χ1) is 17.5. The highest BCUT2D eigenvalue weighted by atomic mass is 16.6. The van der Waals surface area contributed by atoms with Crippen LogP contribution in [0.1, 0.15) is 63.2 Å². The number of esters is 1. The molecule has 1 saturated heterocycles. The molecule has 1 spiro atoms. The molecule has 1 aromatic rings. The van der Waals surface area contributed by atoms with Crippen LogP contribution < -0.4 is 0 Å². The van der Waals surface area contributed by atoms with Gasteiger partial charge in [0.05, 0.1) is 6.10 Å². The van der Waals surface area contributed by atoms with Crippen molar-refractivity contribution in [2.24, 2.45) is 22.7 Å². The summed E-state index contributed by atoms with van der Waals surface area (Å²) < 4.78 is 11.6. The van der Waals surface area contributed by atoms with E-state index in [-0.39, 0.29) is 34.7 Å². The summed E-state index contributed by atoms with van der Waals surface area (Å²) in [6.45, 7) is 5.12. The minimum atomic E-state index is -1.52. The van der Waals surface area contributed by atoms with Gasteiger partial charge in [-0.15, -0.1) is 0 Å². The van der Waals surface area contributed by atoms with Gasteiger partial charge in [-0.2, -0.15) is 0 Å². The number of benzene rings is 1. The zero-order valence-electron chi connectivity index (χ0n) is 21.7. The van der Waals surface area contributed by atoms with Crippen molar-refractivity contribution in [1.29, 1.82) is 0 Å². The molecule has 1 N–H and O–H groups in total. The molecule has 2 saturated carbocycles. The number of rotatable bonds is 6. The van der Waals surface area contributed by atoms with Gasteiger partial charge in [-0.05, 0) is 55.6 Å². The number of ketones is 2. The Bertz CT molecular complexity index is 1280. The number of fused-ring (bicyclic) bond motifs is 3. The Labute approximate surface area is 217 Å². The van der Waals surface area contributed by atoms with Gasteiger partial charge in [0.25, 0.3) is 0 Å². The summed E-state index contributed by atoms with van der Waals surface area (Å²) in [5.41, 5.74) is 0.0444. The molecule has 6 nitrogen and oxygen atoms in total. The largest absolute Gasteiger partial charge is 0.458 e. The Balaban J connectivity index is 1.27. The van der Waals surface area contributed by atoms with Crippen molar-refractivity contribution in [3.8, 4) is 0 Å². The van der Waals surface area contributed by atoms with Gasteiger partial charge in [0, 0.05) is 29.7 Å². The standard InChI is InChI=1S/C31H34O6/c1-19(32)36-18-26(34)30(35)14-12-23-24-10-9-22-15-20(16-25(33)21-7-5-4-6-8-21)11-13-28(22,2)31(24)27(37-31)17-29(23,30)3/h4-9,11,13,15,23-24,27,35H,10,12,14,16-18H2,1-3H3/t23?,24?,27?,28?,29?,30-,31?/m0/s1. The molecule has 6 rings (SSSR count). The van der Waals surface area contributed by atoms with Crippen LogP contribution in [-0.4, -0.2) is 46.6 Å². The number of carbonyl (C=O) groups excluding carboxylic acids is 3. The van der Waals surface area contributed by atoms with E-state index >= 15 is 0 Å². The highest BCUT2D eigenvalue weighted by Gasteiger charge is 2.80. The number of allylic oxidation sites excluding steroid dienone is 4. The van der Waals surface area contributed by atoms with Crippen molar-refractivity contribution in [3.05, 3.63) is 71.3 Å². The van der Waals surface area contributed by atoms with E-state index in [4.69, 9.17) is 9.47 Å². The molecule has 5 aliphatic rings. The molecule has 0 radical (unpaired) electrons. The average Bonchev–Trinajstić information content (AvgIpc) is 3.53. The molecule has 37 heavy (non-hydrogen) atoms. The lowest BCUT2D eigenvalue weighted by molar-refractivity contribution is -0.165. The van der Waals surface area contributed by atoms with Crippen molar-refractivity contribution in [3.63, 3.8) is 0 Å². The van der Waals surface area contributed by atoms with Crippen LogP contribution in [0, 0.1) is 22.7 Å². The second-order valence-electron chi connectivity index (χ2n) is 12.0. The summed E-state index contributed by atoms with van der Waals surface area (Å²) in [5, 5.41) is 11.7. The summed E-state index contributed by atoms with van der Waals surface area (Å²) in [4.78, 5) is 37.2. The van der Waals surface area contributed by atoms with Gasteiger partial charge < -0.3 is 14.6 Å². The minimum absolute atomic E-state index is 0.0656. The van der Waals surface area contributed by atoms with E-state index in [9.17, 15) is 19.5 Å². The maximum absolute atomic E-state index is 13.1. The van der Waals surface area contributed by atoms with Gasteiger partial charge in [0.15, 0.2) is 12.4 Å². The molecule has 0 bridgehead atoms. The predicted octanol–water partition coefficient (Wildman–Crippen LogP) is 4.53. The zero-order valence-corrected chi connectivity index (χ0v) is 21.7. The summed E-state index contributed by atoms with van der Waals surface area (Å²) >= 11 is 0. The third kappa shape index (κ3) is 3.28. The van der Waals surface area contributed by atoms with Gasteiger partial charge in [0.1, 0.15) is 11.2 Å². The first-order valence-electron chi connectivity index (χ1n) is 13.3. The van der Waals surface area contributed by atoms with Crippen LogP contribution in [0.5, 0.6) is 0 Å². The van der Waals surface area contributed by atoms with E-state index in [1.54, 1.807) is 0 Å². The summed E-state index contributed by atoms with van der Waals surface area (Å²) in [5.74, 6) is -0.543. The molecule has 7 atom stereocenters. The first-order valence-corrected chi connectivity index (χ1v) is 13.3. The normalized spacial score (nSPS) is 40.8. The molecular weight excluding hydrogens is 468 g/mol. The van der Waals surface area contributed by atoms with Crippen molar-refractivity contribution in [2.45, 2.75) is 70.2 Å². The maximum atomic E-state index is 13.1. The number of aliphatic hydroxyl groups is 1. The van der Waals surface area contributed by atoms with Crippen molar-refractivity contribution < 1.29 is 29.0 Å². The molecule has 0 aromatic heterocycles. The lowest BCUT2D eigenvalue weighted by Gasteiger charge is -2.54. The highest BCUT2D eigenvalue weighted by Crippen LogP contribution is 2.75. The lowest BCUT2D eigenvalue weighted by atomic mass is 9.47. The van der Waals surface area contributed by atoms with Crippen molar-refractivity contribution in [1.82, 2.24) is 0 Å². The summed E-state index contributed by atoms with van der Waals surface area (Å²) in [6.07, 6.45) is 11.5. The van der Waals surface area contributed by atoms with Crippen LogP contribution in [-0.2, 0) is 19.1 Å². The second-order valence-corrected chi connectivity index (χ2v) is 12.0. The van der Waals surface area contributed by atoms with Crippen LogP contribution in [0.2, 0.25) is 0 Å². The highest BCUT2D eigenvalue weighted by molar-refractivity contribution is 5.98. The van der Waals surface area contributed by atoms with Gasteiger partial charge in [-0.25, -0.2) is 0 Å². The van der Waals surface area contributed by atoms with Gasteiger partial charge >= 0.3 is 5.97 Å². The molecule has 6 unspecified atom stereocenters. The Morgan fingerprint density at radius 3 is 2.62 bits per heavy atom. The topological polar surface area (TPSA) is 93.2 Å². The molecule has 6 heteroatoms. The fourth-order valence-corrected chi connectivity index (χ4v) is 8.24. The van der Waals surface area contributed by atoms with Gasteiger partial charge in [-0.3, -0.25) is 14.4 Å². The second kappa shape index (κ2) is 8.08. The number of epoxide rings is 1. The first kappa shape index (κ1) is 24.5. The Morgan fingerprint density at radius 2 is 1.89 bits per heavy atom. The van der Waals surface area contributed by atoms with E-state index in [0.29, 0.717) is 19.3 Å². The molecule has 1 heterocycles. The molecule has 1 aromatic carbocycles. The predicted molar refractivity (Wildman–Crippen MR) is 137 cm³/mol. The lowest BCUT2D eigenvalue weighted by Crippen LogP contribution is -2.61. The van der Waals surface area contributed by atoms with Crippen molar-refractivity contribution in [2.75, 3.05) is 6.61 Å². The SMILES string of the molecule is CC(=O)OCC(=O)[C@@]1(O)CCC2C3CC=C4C=C(CC(=O)c5ccccc5)C=CC4(C)C34OC4CC21C. The fourth-order valence-electron chi connectivity index (χ4n) is 8.24. The molecule has 3 fully saturated rings. The van der Waals surface area contributed by atoms with Gasteiger partial charge in [-0.1, -0.05) is 61.6 Å². The minimum Gasteiger partial charge on any atom is -0.458 e. The third-order valence-corrected chi connectivity index (χ3v) is 10.3.